The molecule has 0 aliphatic rings. The van der Waals surface area contributed by atoms with E-state index in [0.717, 1.165) is 32.4 Å². The minimum Gasteiger partial charge on any atom is -0.354 e. The van der Waals surface area contributed by atoms with Crippen LogP contribution in [0.2, 0.25) is 0 Å². The predicted octanol–water partition coefficient (Wildman–Crippen LogP) is 2.76. The molecular weight excluding hydrogens is 272 g/mol. The third-order valence-electron chi connectivity index (χ3n) is 3.33. The third-order valence-corrected chi connectivity index (χ3v) is 4.36. The maximum Gasteiger partial charge on any atom is 0.147 e. The van der Waals surface area contributed by atoms with Crippen LogP contribution in [0.4, 0.5) is 0 Å². The molecule has 0 saturated carbocycles. The van der Waals surface area contributed by atoms with E-state index in [9.17, 15) is 8.42 Å². The number of hydrogen-bond acceptors (Lipinski definition) is 3. The van der Waals surface area contributed by atoms with Crippen molar-refractivity contribution >= 4 is 9.84 Å². The molecule has 0 aliphatic heterocycles. The van der Waals surface area contributed by atoms with Crippen LogP contribution < -0.4 is 5.32 Å². The van der Waals surface area contributed by atoms with Gasteiger partial charge < -0.3 is 9.88 Å². The molecule has 116 valence electrons. The molecule has 1 N–H and O–H groups in total. The lowest BCUT2D eigenvalue weighted by atomic mass is 10.1. The molecule has 20 heavy (non-hydrogen) atoms. The van der Waals surface area contributed by atoms with Crippen molar-refractivity contribution in [3.8, 4) is 0 Å². The maximum absolute atomic E-state index is 11.1. The van der Waals surface area contributed by atoms with E-state index >= 15 is 0 Å². The highest BCUT2D eigenvalue weighted by atomic mass is 32.2. The fraction of sp³-hybridized carbons (Fsp3) is 0.733. The van der Waals surface area contributed by atoms with Crippen LogP contribution in [0.5, 0.6) is 0 Å². The fourth-order valence-corrected chi connectivity index (χ4v) is 2.96. The highest BCUT2D eigenvalue weighted by Crippen LogP contribution is 2.19. The molecule has 0 spiro atoms. The van der Waals surface area contributed by atoms with Gasteiger partial charge in [-0.05, 0) is 37.4 Å². The first-order valence-corrected chi connectivity index (χ1v) is 9.59. The lowest BCUT2D eigenvalue weighted by Gasteiger charge is -2.16. The largest absolute Gasteiger partial charge is 0.354 e. The van der Waals surface area contributed by atoms with Crippen molar-refractivity contribution in [2.75, 3.05) is 18.6 Å². The summed E-state index contributed by atoms with van der Waals surface area (Å²) in [6.07, 6.45) is 9.58. The first kappa shape index (κ1) is 17.2. The van der Waals surface area contributed by atoms with Gasteiger partial charge in [-0.2, -0.15) is 0 Å². The van der Waals surface area contributed by atoms with Gasteiger partial charge in [0, 0.05) is 31.2 Å². The molecule has 5 heteroatoms. The summed E-state index contributed by atoms with van der Waals surface area (Å²) in [7, 11) is -2.85. The molecule has 0 bridgehead atoms. The van der Waals surface area contributed by atoms with Crippen LogP contribution in [-0.2, 0) is 16.4 Å². The van der Waals surface area contributed by atoms with E-state index in [4.69, 9.17) is 0 Å². The Morgan fingerprint density at radius 2 is 2.05 bits per heavy atom. The first-order chi connectivity index (χ1) is 9.46. The molecule has 1 unspecified atom stereocenters. The zero-order valence-corrected chi connectivity index (χ0v) is 13.7. The second-order valence-corrected chi connectivity index (χ2v) is 7.72. The maximum atomic E-state index is 11.1. The quantitative estimate of drug-likeness (QED) is 0.723. The summed E-state index contributed by atoms with van der Waals surface area (Å²) in [6, 6.07) is 2.56. The molecule has 1 atom stereocenters. The van der Waals surface area contributed by atoms with Crippen LogP contribution in [0.15, 0.2) is 18.5 Å². The Morgan fingerprint density at radius 1 is 1.30 bits per heavy atom. The summed E-state index contributed by atoms with van der Waals surface area (Å²) in [5.74, 6) is 0.257. The van der Waals surface area contributed by atoms with Crippen LogP contribution in [0.3, 0.4) is 0 Å². The van der Waals surface area contributed by atoms with Gasteiger partial charge >= 0.3 is 0 Å². The second kappa shape index (κ2) is 8.47. The van der Waals surface area contributed by atoms with Gasteiger partial charge in [-0.1, -0.05) is 20.3 Å². The lowest BCUT2D eigenvalue weighted by Crippen LogP contribution is -2.21. The van der Waals surface area contributed by atoms with Gasteiger partial charge in [0.2, 0.25) is 0 Å². The monoisotopic (exact) mass is 300 g/mol. The minimum atomic E-state index is -2.85. The van der Waals surface area contributed by atoms with Crippen molar-refractivity contribution in [2.45, 2.75) is 52.1 Å². The summed E-state index contributed by atoms with van der Waals surface area (Å²) in [6.45, 7) is 6.17. The van der Waals surface area contributed by atoms with Gasteiger partial charge in [-0.25, -0.2) is 8.42 Å². The van der Waals surface area contributed by atoms with Gasteiger partial charge in [0.25, 0.3) is 0 Å². The molecular formula is C15H28N2O2S. The van der Waals surface area contributed by atoms with Crippen molar-refractivity contribution in [1.29, 1.82) is 0 Å². The summed E-state index contributed by atoms with van der Waals surface area (Å²) in [5.41, 5.74) is 1.31. The molecule has 1 aromatic heterocycles. The van der Waals surface area contributed by atoms with Crippen molar-refractivity contribution in [3.63, 3.8) is 0 Å². The molecule has 4 nitrogen and oxygen atoms in total. The van der Waals surface area contributed by atoms with Gasteiger partial charge in [0.15, 0.2) is 0 Å². The Morgan fingerprint density at radius 3 is 2.65 bits per heavy atom. The first-order valence-electron chi connectivity index (χ1n) is 7.53. The van der Waals surface area contributed by atoms with Gasteiger partial charge in [-0.15, -0.1) is 0 Å². The van der Waals surface area contributed by atoms with Crippen molar-refractivity contribution in [2.24, 2.45) is 0 Å². The van der Waals surface area contributed by atoms with Crippen molar-refractivity contribution < 1.29 is 8.42 Å². The number of aryl methyl sites for hydroxylation is 1. The molecule has 0 aromatic carbocycles. The predicted molar refractivity (Wildman–Crippen MR) is 84.7 cm³/mol. The Bertz CT molecular complexity index is 480. The number of nitrogens with one attached hydrogen (secondary N) is 1. The number of aromatic nitrogens is 1. The zero-order chi connectivity index (χ0) is 15.0. The van der Waals surface area contributed by atoms with E-state index in [1.54, 1.807) is 0 Å². The van der Waals surface area contributed by atoms with Crippen LogP contribution in [0.1, 0.15) is 51.1 Å². The Labute approximate surface area is 123 Å². The van der Waals surface area contributed by atoms with Crippen LogP contribution >= 0.6 is 0 Å². The van der Waals surface area contributed by atoms with Gasteiger partial charge in [0.05, 0.1) is 5.75 Å². The van der Waals surface area contributed by atoms with Crippen molar-refractivity contribution in [1.82, 2.24) is 9.88 Å². The van der Waals surface area contributed by atoms with Crippen LogP contribution in [-0.4, -0.2) is 31.5 Å². The summed E-state index contributed by atoms with van der Waals surface area (Å²) >= 11 is 0. The molecule has 0 radical (unpaired) electrons. The van der Waals surface area contributed by atoms with Crippen LogP contribution in [0, 0.1) is 0 Å². The number of rotatable bonds is 10. The standard InChI is InChI=1S/C15H28N2O2S/c1-4-7-15(16-9-5-2)14-8-11-17(13-14)10-6-12-20(3,18)19/h8,11,13,15-16H,4-7,9-10,12H2,1-3H3. The molecule has 1 heterocycles. The topological polar surface area (TPSA) is 51.1 Å². The Balaban J connectivity index is 2.55. The van der Waals surface area contributed by atoms with Gasteiger partial charge in [-0.3, -0.25) is 0 Å². The fourth-order valence-electron chi connectivity index (χ4n) is 2.31. The third kappa shape index (κ3) is 6.57. The molecule has 0 aliphatic carbocycles. The van der Waals surface area contributed by atoms with E-state index < -0.39 is 9.84 Å². The molecule has 0 fully saturated rings. The van der Waals surface area contributed by atoms with E-state index in [1.807, 2.05) is 6.20 Å². The van der Waals surface area contributed by atoms with E-state index in [-0.39, 0.29) is 5.75 Å². The smallest absolute Gasteiger partial charge is 0.147 e. The molecule has 1 aromatic rings. The second-order valence-electron chi connectivity index (χ2n) is 5.46. The Hall–Kier alpha value is -0.810. The lowest BCUT2D eigenvalue weighted by molar-refractivity contribution is 0.493. The molecule has 0 amide bonds. The molecule has 0 saturated heterocycles. The average Bonchev–Trinajstić information content (AvgIpc) is 2.81. The highest BCUT2D eigenvalue weighted by Gasteiger charge is 2.11. The Kier molecular flexibility index (Phi) is 7.30. The zero-order valence-electron chi connectivity index (χ0n) is 12.9. The highest BCUT2D eigenvalue weighted by molar-refractivity contribution is 7.90. The van der Waals surface area contributed by atoms with Crippen LogP contribution in [0.25, 0.3) is 0 Å². The summed E-state index contributed by atoms with van der Waals surface area (Å²) in [5, 5.41) is 3.57. The number of nitrogens with zero attached hydrogens (tertiary/aromatic N) is 1. The summed E-state index contributed by atoms with van der Waals surface area (Å²) in [4.78, 5) is 0. The SMILES string of the molecule is CCCNC(CCC)c1ccn(CCCS(C)(=O)=O)c1. The number of hydrogen-bond donors (Lipinski definition) is 1. The van der Waals surface area contributed by atoms with Crippen molar-refractivity contribution in [3.05, 3.63) is 24.0 Å². The molecule has 1 rings (SSSR count). The van der Waals surface area contributed by atoms with E-state index in [0.29, 0.717) is 12.5 Å². The summed E-state index contributed by atoms with van der Waals surface area (Å²) < 4.78 is 24.3. The average molecular weight is 300 g/mol. The number of sulfone groups is 1. The van der Waals surface area contributed by atoms with E-state index in [1.165, 1.54) is 11.8 Å². The van der Waals surface area contributed by atoms with Gasteiger partial charge in [0.1, 0.15) is 9.84 Å². The minimum absolute atomic E-state index is 0.257. The normalized spacial score (nSPS) is 13.6. The van der Waals surface area contributed by atoms with E-state index in [2.05, 4.69) is 36.0 Å².